The molecule has 1 saturated heterocycles. The van der Waals surface area contributed by atoms with E-state index in [0.29, 0.717) is 25.9 Å². The summed E-state index contributed by atoms with van der Waals surface area (Å²) in [6.07, 6.45) is 4.42. The molecule has 0 saturated carbocycles. The highest BCUT2D eigenvalue weighted by Gasteiger charge is 2.31. The van der Waals surface area contributed by atoms with Gasteiger partial charge in [-0.05, 0) is 49.9 Å². The van der Waals surface area contributed by atoms with E-state index in [0.717, 1.165) is 37.8 Å². The molecule has 9 heteroatoms. The zero-order valence-electron chi connectivity index (χ0n) is 16.9. The van der Waals surface area contributed by atoms with Crippen LogP contribution in [0.25, 0.3) is 0 Å². The van der Waals surface area contributed by atoms with Crippen molar-refractivity contribution in [3.05, 3.63) is 58.1 Å². The SMILES string of the molecule is O=C(c1ccc(Cl)c(S(=O)(=O)N2CCCCCC2)c1)N1CCCc2c(F)cc(F)cc21. The maximum absolute atomic E-state index is 14.2. The third-order valence-electron chi connectivity index (χ3n) is 5.84. The number of hydrogen-bond donors (Lipinski definition) is 0. The molecule has 5 nitrogen and oxygen atoms in total. The average Bonchev–Trinajstić information content (AvgIpc) is 3.03. The Morgan fingerprint density at radius 1 is 0.935 bits per heavy atom. The van der Waals surface area contributed by atoms with Crippen molar-refractivity contribution in [1.29, 1.82) is 0 Å². The number of halogens is 3. The minimum Gasteiger partial charge on any atom is -0.308 e. The minimum absolute atomic E-state index is 0.0388. The van der Waals surface area contributed by atoms with Gasteiger partial charge in [-0.2, -0.15) is 4.31 Å². The molecule has 0 radical (unpaired) electrons. The minimum atomic E-state index is -3.87. The van der Waals surface area contributed by atoms with E-state index in [1.54, 1.807) is 0 Å². The van der Waals surface area contributed by atoms with E-state index < -0.39 is 27.6 Å². The molecule has 2 aliphatic heterocycles. The van der Waals surface area contributed by atoms with Crippen molar-refractivity contribution in [3.8, 4) is 0 Å². The summed E-state index contributed by atoms with van der Waals surface area (Å²) in [6, 6.07) is 6.04. The van der Waals surface area contributed by atoms with Crippen LogP contribution in [0.5, 0.6) is 0 Å². The molecular formula is C22H23ClF2N2O3S. The van der Waals surface area contributed by atoms with Crippen LogP contribution in [0.15, 0.2) is 35.2 Å². The van der Waals surface area contributed by atoms with Crippen LogP contribution in [0.3, 0.4) is 0 Å². The van der Waals surface area contributed by atoms with E-state index in [2.05, 4.69) is 0 Å². The van der Waals surface area contributed by atoms with E-state index in [-0.39, 0.29) is 33.3 Å². The fourth-order valence-electron chi connectivity index (χ4n) is 4.23. The molecule has 166 valence electrons. The van der Waals surface area contributed by atoms with Gasteiger partial charge in [-0.25, -0.2) is 17.2 Å². The lowest BCUT2D eigenvalue weighted by molar-refractivity contribution is 0.0984. The standard InChI is InChI=1S/C22H23ClF2N2O3S/c23-18-8-7-15(12-21(18)31(29,30)26-9-3-1-2-4-10-26)22(28)27-11-5-6-17-19(25)13-16(24)14-20(17)27/h7-8,12-14H,1-6,9-11H2. The van der Waals surface area contributed by atoms with Gasteiger partial charge < -0.3 is 4.90 Å². The first-order valence-electron chi connectivity index (χ1n) is 10.4. The smallest absolute Gasteiger partial charge is 0.258 e. The molecule has 0 N–H and O–H groups in total. The van der Waals surface area contributed by atoms with Crippen LogP contribution in [0, 0.1) is 11.6 Å². The number of benzene rings is 2. The summed E-state index contributed by atoms with van der Waals surface area (Å²) in [7, 11) is -3.87. The van der Waals surface area contributed by atoms with Gasteiger partial charge in [-0.1, -0.05) is 24.4 Å². The van der Waals surface area contributed by atoms with Crippen molar-refractivity contribution < 1.29 is 22.0 Å². The first kappa shape index (κ1) is 22.2. The third-order valence-corrected chi connectivity index (χ3v) is 8.22. The van der Waals surface area contributed by atoms with Gasteiger partial charge in [-0.3, -0.25) is 4.79 Å². The topological polar surface area (TPSA) is 57.7 Å². The molecule has 1 amide bonds. The number of hydrogen-bond acceptors (Lipinski definition) is 3. The highest BCUT2D eigenvalue weighted by atomic mass is 35.5. The third kappa shape index (κ3) is 4.33. The quantitative estimate of drug-likeness (QED) is 0.651. The maximum Gasteiger partial charge on any atom is 0.258 e. The van der Waals surface area contributed by atoms with Crippen molar-refractivity contribution in [3.63, 3.8) is 0 Å². The van der Waals surface area contributed by atoms with Gasteiger partial charge in [0, 0.05) is 36.8 Å². The molecular weight excluding hydrogens is 446 g/mol. The molecule has 2 aromatic rings. The molecule has 0 bridgehead atoms. The molecule has 1 fully saturated rings. The largest absolute Gasteiger partial charge is 0.308 e. The Bertz CT molecular complexity index is 1120. The fourth-order valence-corrected chi connectivity index (χ4v) is 6.25. The van der Waals surface area contributed by atoms with E-state index in [1.165, 1.54) is 27.4 Å². The molecule has 4 rings (SSSR count). The number of carbonyl (C=O) groups excluding carboxylic acids is 1. The van der Waals surface area contributed by atoms with Crippen LogP contribution in [0.1, 0.15) is 48.0 Å². The van der Waals surface area contributed by atoms with Crippen molar-refractivity contribution in [2.24, 2.45) is 0 Å². The molecule has 2 aliphatic rings. The molecule has 0 unspecified atom stereocenters. The summed E-state index contributed by atoms with van der Waals surface area (Å²) in [6.45, 7) is 1.11. The summed E-state index contributed by atoms with van der Waals surface area (Å²) < 4.78 is 55.9. The summed E-state index contributed by atoms with van der Waals surface area (Å²) in [5, 5.41) is 0.0388. The van der Waals surface area contributed by atoms with Crippen molar-refractivity contribution in [2.45, 2.75) is 43.4 Å². The van der Waals surface area contributed by atoms with Crippen molar-refractivity contribution in [2.75, 3.05) is 24.5 Å². The Hall–Kier alpha value is -2.03. The predicted molar refractivity (Wildman–Crippen MR) is 115 cm³/mol. The Morgan fingerprint density at radius 3 is 2.35 bits per heavy atom. The van der Waals surface area contributed by atoms with Gasteiger partial charge >= 0.3 is 0 Å². The van der Waals surface area contributed by atoms with Crippen LogP contribution in [0.2, 0.25) is 5.02 Å². The molecule has 0 spiro atoms. The second kappa shape index (κ2) is 8.84. The summed E-state index contributed by atoms with van der Waals surface area (Å²) in [4.78, 5) is 14.4. The van der Waals surface area contributed by atoms with Crippen molar-refractivity contribution in [1.82, 2.24) is 4.31 Å². The van der Waals surface area contributed by atoms with Crippen LogP contribution in [-0.2, 0) is 16.4 Å². The summed E-state index contributed by atoms with van der Waals surface area (Å²) >= 11 is 6.22. The van der Waals surface area contributed by atoms with Crippen LogP contribution < -0.4 is 4.90 Å². The lowest BCUT2D eigenvalue weighted by atomic mass is 10.00. The van der Waals surface area contributed by atoms with Gasteiger partial charge in [0.2, 0.25) is 10.0 Å². The number of rotatable bonds is 3. The van der Waals surface area contributed by atoms with Gasteiger partial charge in [-0.15, -0.1) is 0 Å². The number of amides is 1. The Kier molecular flexibility index (Phi) is 6.32. The Labute approximate surface area is 185 Å². The highest BCUT2D eigenvalue weighted by Crippen LogP contribution is 2.33. The number of fused-ring (bicyclic) bond motifs is 1. The second-order valence-corrected chi connectivity index (χ2v) is 10.2. The number of carbonyl (C=O) groups is 1. The normalized spacial score (nSPS) is 17.8. The summed E-state index contributed by atoms with van der Waals surface area (Å²) in [5.41, 5.74) is 0.573. The first-order valence-corrected chi connectivity index (χ1v) is 12.2. The monoisotopic (exact) mass is 468 g/mol. The first-order chi connectivity index (χ1) is 14.8. The number of sulfonamides is 1. The average molecular weight is 469 g/mol. The second-order valence-electron chi connectivity index (χ2n) is 7.91. The van der Waals surface area contributed by atoms with Crippen LogP contribution in [-0.4, -0.2) is 38.3 Å². The Morgan fingerprint density at radius 2 is 1.65 bits per heavy atom. The lowest BCUT2D eigenvalue weighted by Crippen LogP contribution is -2.36. The van der Waals surface area contributed by atoms with Gasteiger partial charge in [0.15, 0.2) is 0 Å². The molecule has 2 aromatic carbocycles. The lowest BCUT2D eigenvalue weighted by Gasteiger charge is -2.30. The summed E-state index contributed by atoms with van der Waals surface area (Å²) in [5.74, 6) is -1.97. The Balaban J connectivity index is 1.70. The van der Waals surface area contributed by atoms with Crippen LogP contribution in [0.4, 0.5) is 14.5 Å². The van der Waals surface area contributed by atoms with Crippen molar-refractivity contribution >= 4 is 33.2 Å². The van der Waals surface area contributed by atoms with E-state index in [9.17, 15) is 22.0 Å². The van der Waals surface area contributed by atoms with Gasteiger partial charge in [0.25, 0.3) is 5.91 Å². The molecule has 2 heterocycles. The number of anilines is 1. The molecule has 0 atom stereocenters. The maximum atomic E-state index is 14.2. The fraction of sp³-hybridized carbons (Fsp3) is 0.409. The van der Waals surface area contributed by atoms with E-state index in [1.807, 2.05) is 0 Å². The van der Waals surface area contributed by atoms with E-state index >= 15 is 0 Å². The zero-order chi connectivity index (χ0) is 22.2. The van der Waals surface area contributed by atoms with Gasteiger partial charge in [0.1, 0.15) is 16.5 Å². The number of nitrogens with zero attached hydrogens (tertiary/aromatic N) is 2. The predicted octanol–water partition coefficient (Wildman–Crippen LogP) is 4.78. The highest BCUT2D eigenvalue weighted by molar-refractivity contribution is 7.89. The molecule has 31 heavy (non-hydrogen) atoms. The molecule has 0 aliphatic carbocycles. The van der Waals surface area contributed by atoms with E-state index in [4.69, 9.17) is 11.6 Å². The van der Waals surface area contributed by atoms with Gasteiger partial charge in [0.05, 0.1) is 10.7 Å². The zero-order valence-corrected chi connectivity index (χ0v) is 18.5. The molecule has 0 aromatic heterocycles. The van der Waals surface area contributed by atoms with Crippen LogP contribution >= 0.6 is 11.6 Å².